The first-order chi connectivity index (χ1) is 19.6. The lowest BCUT2D eigenvalue weighted by molar-refractivity contribution is -0.142. The van der Waals surface area contributed by atoms with Gasteiger partial charge in [0, 0.05) is 28.5 Å². The number of carbonyl (C=O) groups excluding carboxylic acids is 2. The lowest BCUT2D eigenvalue weighted by atomic mass is 10.1. The molecular formula is C27H30N6O5S2. The Kier molecular flexibility index (Phi) is 9.04. The minimum Gasteiger partial charge on any atom is -0.493 e. The number of tetrazole rings is 1. The Bertz CT molecular complexity index is 1400. The summed E-state index contributed by atoms with van der Waals surface area (Å²) >= 11 is 2.96. The SMILES string of the molecule is COc1ccc(-c2nnn(CC(=O)N(Cc3cccs3)[C@@H](C(=O)NC[C@@H]3CCCO3)c3cccs3)n2)cc1OC. The molecule has 210 valence electrons. The van der Waals surface area contributed by atoms with Gasteiger partial charge in [0.05, 0.1) is 26.9 Å². The van der Waals surface area contributed by atoms with Crippen molar-refractivity contribution in [2.24, 2.45) is 0 Å². The molecule has 1 aliphatic heterocycles. The maximum Gasteiger partial charge on any atom is 0.248 e. The zero-order valence-corrected chi connectivity index (χ0v) is 23.8. The fourth-order valence-corrected chi connectivity index (χ4v) is 6.03. The number of nitrogens with one attached hydrogen (secondary N) is 1. The number of benzene rings is 1. The summed E-state index contributed by atoms with van der Waals surface area (Å²) < 4.78 is 16.4. The van der Waals surface area contributed by atoms with Crippen LogP contribution in [-0.4, -0.2) is 70.4 Å². The summed E-state index contributed by atoms with van der Waals surface area (Å²) in [5.41, 5.74) is 0.664. The van der Waals surface area contributed by atoms with Crippen LogP contribution in [0.1, 0.15) is 28.6 Å². The fourth-order valence-electron chi connectivity index (χ4n) is 4.49. The van der Waals surface area contributed by atoms with Gasteiger partial charge in [0.25, 0.3) is 0 Å². The van der Waals surface area contributed by atoms with E-state index in [-0.39, 0.29) is 31.0 Å². The third kappa shape index (κ3) is 6.49. The van der Waals surface area contributed by atoms with Crippen molar-refractivity contribution in [2.75, 3.05) is 27.4 Å². The molecule has 0 spiro atoms. The molecule has 0 saturated carbocycles. The molecule has 5 rings (SSSR count). The van der Waals surface area contributed by atoms with Crippen molar-refractivity contribution in [3.8, 4) is 22.9 Å². The zero-order valence-electron chi connectivity index (χ0n) is 22.2. The van der Waals surface area contributed by atoms with Crippen molar-refractivity contribution in [3.63, 3.8) is 0 Å². The highest BCUT2D eigenvalue weighted by Crippen LogP contribution is 2.31. The number of thiophene rings is 2. The van der Waals surface area contributed by atoms with E-state index in [0.717, 1.165) is 22.6 Å². The van der Waals surface area contributed by atoms with Gasteiger partial charge in [-0.3, -0.25) is 9.59 Å². The van der Waals surface area contributed by atoms with Gasteiger partial charge in [-0.1, -0.05) is 12.1 Å². The smallest absolute Gasteiger partial charge is 0.248 e. The second-order valence-corrected chi connectivity index (χ2v) is 11.1. The van der Waals surface area contributed by atoms with Gasteiger partial charge in [0.1, 0.15) is 12.6 Å². The van der Waals surface area contributed by atoms with Crippen LogP contribution >= 0.6 is 22.7 Å². The number of amides is 2. The van der Waals surface area contributed by atoms with E-state index in [4.69, 9.17) is 14.2 Å². The maximum absolute atomic E-state index is 13.8. The number of methoxy groups -OCH3 is 2. The summed E-state index contributed by atoms with van der Waals surface area (Å²) in [5, 5.41) is 19.5. The Morgan fingerprint density at radius 3 is 2.67 bits per heavy atom. The third-order valence-corrected chi connectivity index (χ3v) is 8.28. The van der Waals surface area contributed by atoms with E-state index < -0.39 is 6.04 Å². The van der Waals surface area contributed by atoms with E-state index >= 15 is 0 Å². The highest BCUT2D eigenvalue weighted by molar-refractivity contribution is 7.10. The molecule has 2 atom stereocenters. The van der Waals surface area contributed by atoms with E-state index in [2.05, 4.69) is 20.7 Å². The first-order valence-electron chi connectivity index (χ1n) is 12.8. The maximum atomic E-state index is 13.8. The molecule has 4 aromatic rings. The van der Waals surface area contributed by atoms with E-state index in [1.807, 2.05) is 35.0 Å². The topological polar surface area (TPSA) is 121 Å². The number of hydrogen-bond donors (Lipinski definition) is 1. The quantitative estimate of drug-likeness (QED) is 0.269. The first kappa shape index (κ1) is 27.7. The molecule has 13 heteroatoms. The molecule has 4 heterocycles. The number of rotatable bonds is 12. The number of nitrogens with zero attached hydrogens (tertiary/aromatic N) is 5. The molecule has 1 N–H and O–H groups in total. The molecular weight excluding hydrogens is 552 g/mol. The summed E-state index contributed by atoms with van der Waals surface area (Å²) in [6.45, 7) is 1.19. The summed E-state index contributed by atoms with van der Waals surface area (Å²) in [4.78, 5) is 32.0. The van der Waals surface area contributed by atoms with Gasteiger partial charge in [-0.25, -0.2) is 0 Å². The molecule has 0 bridgehead atoms. The van der Waals surface area contributed by atoms with Crippen LogP contribution in [0.25, 0.3) is 11.4 Å². The van der Waals surface area contributed by atoms with Crippen LogP contribution < -0.4 is 14.8 Å². The summed E-state index contributed by atoms with van der Waals surface area (Å²) in [5.74, 6) is 0.885. The number of ether oxygens (including phenoxy) is 3. The molecule has 1 saturated heterocycles. The van der Waals surface area contributed by atoms with Gasteiger partial charge in [0.15, 0.2) is 11.5 Å². The molecule has 1 aromatic carbocycles. The van der Waals surface area contributed by atoms with Gasteiger partial charge in [0.2, 0.25) is 17.6 Å². The molecule has 0 radical (unpaired) electrons. The minimum absolute atomic E-state index is 0.0104. The largest absolute Gasteiger partial charge is 0.493 e. The van der Waals surface area contributed by atoms with Crippen LogP contribution in [0.5, 0.6) is 11.5 Å². The predicted octanol–water partition coefficient (Wildman–Crippen LogP) is 3.55. The fraction of sp³-hybridized carbons (Fsp3) is 0.370. The lowest BCUT2D eigenvalue weighted by Crippen LogP contribution is -2.45. The van der Waals surface area contributed by atoms with Gasteiger partial charge >= 0.3 is 0 Å². The molecule has 40 heavy (non-hydrogen) atoms. The Hall–Kier alpha value is -3.81. The first-order valence-corrected chi connectivity index (χ1v) is 14.6. The highest BCUT2D eigenvalue weighted by Gasteiger charge is 2.33. The van der Waals surface area contributed by atoms with Crippen LogP contribution in [0.15, 0.2) is 53.2 Å². The monoisotopic (exact) mass is 582 g/mol. The molecule has 0 unspecified atom stereocenters. The van der Waals surface area contributed by atoms with Crippen LogP contribution in [-0.2, 0) is 27.4 Å². The number of aromatic nitrogens is 4. The second kappa shape index (κ2) is 13.0. The Labute approximate surface area is 239 Å². The zero-order chi connectivity index (χ0) is 27.9. The molecule has 0 aliphatic carbocycles. The molecule has 1 fully saturated rings. The van der Waals surface area contributed by atoms with Crippen LogP contribution in [0.3, 0.4) is 0 Å². The van der Waals surface area contributed by atoms with Gasteiger partial charge < -0.3 is 24.4 Å². The second-order valence-electron chi connectivity index (χ2n) is 9.11. The van der Waals surface area contributed by atoms with Crippen molar-refractivity contribution < 1.29 is 23.8 Å². The Morgan fingerprint density at radius 1 is 1.15 bits per heavy atom. The normalized spacial score (nSPS) is 15.5. The van der Waals surface area contributed by atoms with Gasteiger partial charge in [-0.05, 0) is 59.1 Å². The molecule has 3 aromatic heterocycles. The summed E-state index contributed by atoms with van der Waals surface area (Å²) in [6, 6.07) is 12.1. The minimum atomic E-state index is -0.815. The van der Waals surface area contributed by atoms with E-state index in [1.165, 1.54) is 27.5 Å². The average Bonchev–Trinajstić information content (AvgIpc) is 3.80. The molecule has 11 nitrogen and oxygen atoms in total. The molecule has 2 amide bonds. The Morgan fingerprint density at radius 2 is 1.98 bits per heavy atom. The van der Waals surface area contributed by atoms with Crippen LogP contribution in [0, 0.1) is 0 Å². The Balaban J connectivity index is 1.38. The van der Waals surface area contributed by atoms with Crippen molar-refractivity contribution in [3.05, 3.63) is 63.0 Å². The number of hydrogen-bond acceptors (Lipinski definition) is 10. The van der Waals surface area contributed by atoms with E-state index in [1.54, 1.807) is 37.3 Å². The van der Waals surface area contributed by atoms with Crippen molar-refractivity contribution in [1.29, 1.82) is 0 Å². The van der Waals surface area contributed by atoms with Gasteiger partial charge in [-0.2, -0.15) is 4.80 Å². The summed E-state index contributed by atoms with van der Waals surface area (Å²) in [7, 11) is 3.11. The number of carbonyl (C=O) groups is 2. The van der Waals surface area contributed by atoms with Crippen molar-refractivity contribution >= 4 is 34.5 Å². The van der Waals surface area contributed by atoms with Crippen molar-refractivity contribution in [1.82, 2.24) is 30.4 Å². The predicted molar refractivity (Wildman–Crippen MR) is 150 cm³/mol. The van der Waals surface area contributed by atoms with Gasteiger partial charge in [-0.15, -0.1) is 32.9 Å². The highest BCUT2D eigenvalue weighted by atomic mass is 32.1. The lowest BCUT2D eigenvalue weighted by Gasteiger charge is -2.30. The molecule has 1 aliphatic rings. The third-order valence-electron chi connectivity index (χ3n) is 6.50. The standard InChI is InChI=1S/C27H30N6O5S2/c1-36-21-10-9-18(14-22(21)37-2)26-29-31-33(30-26)17-24(34)32(16-20-7-4-12-39-20)25(23-8-5-13-40-23)27(35)28-15-19-6-3-11-38-19/h4-5,7-10,12-14,19,25H,3,6,11,15-17H2,1-2H3,(H,28,35)/t19-,25+/m0/s1. The van der Waals surface area contributed by atoms with Crippen LogP contribution in [0.2, 0.25) is 0 Å². The van der Waals surface area contributed by atoms with Crippen LogP contribution in [0.4, 0.5) is 0 Å². The van der Waals surface area contributed by atoms with E-state index in [9.17, 15) is 9.59 Å². The summed E-state index contributed by atoms with van der Waals surface area (Å²) in [6.07, 6.45) is 1.87. The average molecular weight is 583 g/mol. The van der Waals surface area contributed by atoms with E-state index in [0.29, 0.717) is 36.0 Å². The van der Waals surface area contributed by atoms with Crippen molar-refractivity contribution in [2.45, 2.75) is 38.1 Å².